The molecule has 0 saturated heterocycles. The zero-order valence-electron chi connectivity index (χ0n) is 13.4. The van der Waals surface area contributed by atoms with Gasteiger partial charge in [-0.15, -0.1) is 0 Å². The van der Waals surface area contributed by atoms with Gasteiger partial charge in [-0.3, -0.25) is 0 Å². The maximum Gasteiger partial charge on any atom is 0.448 e. The standard InChI is InChI=1S/2C6H3F3O.CH5BO2.2Zn/c2*7-4-1-3(10)2-5(8)6(4)9;1-2(3)4;;/h2*1-2,10H;3-4H,1H3;;. The molecule has 2 aromatic rings. The average molecular weight is 487 g/mol. The van der Waals surface area contributed by atoms with Crippen LogP contribution in [0.5, 0.6) is 11.5 Å². The molecule has 0 unspecified atom stereocenters. The van der Waals surface area contributed by atoms with Crippen molar-refractivity contribution in [1.82, 2.24) is 0 Å². The van der Waals surface area contributed by atoms with Crippen LogP contribution in [0.4, 0.5) is 26.3 Å². The van der Waals surface area contributed by atoms with Crippen LogP contribution in [0.15, 0.2) is 24.3 Å². The fourth-order valence-electron chi connectivity index (χ4n) is 1.08. The molecule has 0 aliphatic carbocycles. The first-order valence-electron chi connectivity index (χ1n) is 5.98. The number of halogens is 6. The summed E-state index contributed by atoms with van der Waals surface area (Å²) in [5.41, 5.74) is 0. The van der Waals surface area contributed by atoms with Crippen LogP contribution in [-0.4, -0.2) is 27.4 Å². The Hall–Kier alpha value is -1.15. The molecule has 136 valence electrons. The monoisotopic (exact) mass is 484 g/mol. The Morgan fingerprint density at radius 1 is 0.615 bits per heavy atom. The molecule has 13 heteroatoms. The number of aromatic hydroxyl groups is 2. The quantitative estimate of drug-likeness (QED) is 0.262. The number of phenolic OH excluding ortho intramolecular Hbond substituents is 2. The van der Waals surface area contributed by atoms with E-state index < -0.39 is 53.5 Å². The van der Waals surface area contributed by atoms with Crippen LogP contribution in [0.3, 0.4) is 0 Å². The van der Waals surface area contributed by atoms with Gasteiger partial charge in [0.1, 0.15) is 11.5 Å². The minimum absolute atomic E-state index is 0. The largest absolute Gasteiger partial charge is 0.508 e. The van der Waals surface area contributed by atoms with Crippen LogP contribution in [0.2, 0.25) is 6.82 Å². The van der Waals surface area contributed by atoms with Crippen molar-refractivity contribution >= 4 is 7.12 Å². The summed E-state index contributed by atoms with van der Waals surface area (Å²) in [6.45, 7) is 1.28. The molecule has 0 aliphatic rings. The van der Waals surface area contributed by atoms with Crippen molar-refractivity contribution in [3.63, 3.8) is 0 Å². The predicted octanol–water partition coefficient (Wildman–Crippen LogP) is 2.70. The molecule has 0 aliphatic heterocycles. The molecule has 4 N–H and O–H groups in total. The van der Waals surface area contributed by atoms with E-state index in [1.165, 1.54) is 6.82 Å². The molecule has 2 rings (SSSR count). The van der Waals surface area contributed by atoms with Crippen molar-refractivity contribution < 1.29 is 85.6 Å². The third kappa shape index (κ3) is 11.5. The SMILES string of the molecule is CB(O)O.Oc1cc(F)c(F)c(F)c1.Oc1cc(F)c(F)c(F)c1.[Zn].[Zn]. The van der Waals surface area contributed by atoms with Crippen LogP contribution >= 0.6 is 0 Å². The molecule has 0 atom stereocenters. The third-order valence-electron chi connectivity index (χ3n) is 1.94. The number of hydrogen-bond donors (Lipinski definition) is 4. The second kappa shape index (κ2) is 14.0. The number of benzene rings is 2. The molecule has 4 nitrogen and oxygen atoms in total. The Balaban J connectivity index is -0.000000319. The maximum absolute atomic E-state index is 12.1. The van der Waals surface area contributed by atoms with E-state index in [9.17, 15) is 26.3 Å². The van der Waals surface area contributed by atoms with Crippen molar-refractivity contribution in [3.05, 3.63) is 59.2 Å². The zero-order chi connectivity index (χ0) is 19.0. The molecule has 0 saturated carbocycles. The van der Waals surface area contributed by atoms with Gasteiger partial charge in [-0.1, -0.05) is 0 Å². The summed E-state index contributed by atoms with van der Waals surface area (Å²) in [4.78, 5) is 0. The summed E-state index contributed by atoms with van der Waals surface area (Å²) >= 11 is 0. The van der Waals surface area contributed by atoms with Crippen molar-refractivity contribution in [2.45, 2.75) is 6.82 Å². The van der Waals surface area contributed by atoms with Gasteiger partial charge in [0.25, 0.3) is 0 Å². The van der Waals surface area contributed by atoms with Gasteiger partial charge in [0, 0.05) is 63.2 Å². The first-order valence-corrected chi connectivity index (χ1v) is 5.98. The van der Waals surface area contributed by atoms with Gasteiger partial charge < -0.3 is 20.3 Å². The van der Waals surface area contributed by atoms with Gasteiger partial charge in [0.05, 0.1) is 0 Å². The van der Waals surface area contributed by atoms with Crippen LogP contribution in [0.25, 0.3) is 0 Å². The fourth-order valence-corrected chi connectivity index (χ4v) is 1.08. The van der Waals surface area contributed by atoms with Crippen molar-refractivity contribution in [2.75, 3.05) is 0 Å². The second-order valence-electron chi connectivity index (χ2n) is 4.08. The Kier molecular flexibility index (Phi) is 15.9. The van der Waals surface area contributed by atoms with Gasteiger partial charge >= 0.3 is 7.12 Å². The molecule has 26 heavy (non-hydrogen) atoms. The Bertz CT molecular complexity index is 589. The summed E-state index contributed by atoms with van der Waals surface area (Å²) in [5.74, 6) is -9.96. The Labute approximate surface area is 170 Å². The molecule has 2 aromatic carbocycles. The average Bonchev–Trinajstić information content (AvgIpc) is 2.42. The minimum atomic E-state index is -1.57. The van der Waals surface area contributed by atoms with E-state index in [1.54, 1.807) is 0 Å². The van der Waals surface area contributed by atoms with E-state index in [-0.39, 0.29) is 39.0 Å². The van der Waals surface area contributed by atoms with Gasteiger partial charge in [-0.05, 0) is 6.82 Å². The molecule has 0 radical (unpaired) electrons. The maximum atomic E-state index is 12.1. The fraction of sp³-hybridized carbons (Fsp3) is 0.0769. The van der Waals surface area contributed by atoms with Crippen LogP contribution in [0, 0.1) is 34.9 Å². The van der Waals surface area contributed by atoms with E-state index in [0.29, 0.717) is 24.3 Å². The van der Waals surface area contributed by atoms with Gasteiger partial charge in [0.2, 0.25) is 0 Å². The topological polar surface area (TPSA) is 80.9 Å². The normalized spacial score (nSPS) is 8.65. The molecular formula is C13H11BF6O4Zn2. The summed E-state index contributed by atoms with van der Waals surface area (Å²) in [7, 11) is -1.17. The predicted molar refractivity (Wildman–Crippen MR) is 72.0 cm³/mol. The molecule has 0 fully saturated rings. The number of hydrogen-bond acceptors (Lipinski definition) is 4. The third-order valence-corrected chi connectivity index (χ3v) is 1.94. The molecule has 0 amide bonds. The minimum Gasteiger partial charge on any atom is -0.508 e. The van der Waals surface area contributed by atoms with Gasteiger partial charge in [-0.2, -0.15) is 0 Å². The summed E-state index contributed by atoms with van der Waals surface area (Å²) in [5, 5.41) is 32.2. The molecule has 0 spiro atoms. The molecular weight excluding hydrogens is 476 g/mol. The Morgan fingerprint density at radius 3 is 0.923 bits per heavy atom. The van der Waals surface area contributed by atoms with E-state index in [2.05, 4.69) is 0 Å². The van der Waals surface area contributed by atoms with Crippen LogP contribution < -0.4 is 0 Å². The van der Waals surface area contributed by atoms with Crippen molar-refractivity contribution in [1.29, 1.82) is 0 Å². The summed E-state index contributed by atoms with van der Waals surface area (Å²) in [6.07, 6.45) is 0. The summed E-state index contributed by atoms with van der Waals surface area (Å²) < 4.78 is 72.4. The van der Waals surface area contributed by atoms with E-state index in [1.807, 2.05) is 0 Å². The van der Waals surface area contributed by atoms with Crippen molar-refractivity contribution in [3.8, 4) is 11.5 Å². The first kappa shape index (κ1) is 29.6. The van der Waals surface area contributed by atoms with E-state index >= 15 is 0 Å². The van der Waals surface area contributed by atoms with Gasteiger partial charge in [0.15, 0.2) is 34.9 Å². The van der Waals surface area contributed by atoms with E-state index in [0.717, 1.165) is 0 Å². The van der Waals surface area contributed by atoms with Crippen LogP contribution in [-0.2, 0) is 39.0 Å². The van der Waals surface area contributed by atoms with E-state index in [4.69, 9.17) is 20.3 Å². The number of phenols is 2. The van der Waals surface area contributed by atoms with Crippen LogP contribution in [0.1, 0.15) is 0 Å². The Morgan fingerprint density at radius 2 is 0.769 bits per heavy atom. The summed E-state index contributed by atoms with van der Waals surface area (Å²) in [6, 6.07) is 1.99. The first-order chi connectivity index (χ1) is 11.0. The second-order valence-corrected chi connectivity index (χ2v) is 4.08. The smallest absolute Gasteiger partial charge is 0.448 e. The molecule has 0 heterocycles. The van der Waals surface area contributed by atoms with Gasteiger partial charge in [-0.25, -0.2) is 26.3 Å². The molecule has 0 aromatic heterocycles. The molecule has 0 bridgehead atoms. The van der Waals surface area contributed by atoms with Crippen molar-refractivity contribution in [2.24, 2.45) is 0 Å². The number of rotatable bonds is 0. The zero-order valence-corrected chi connectivity index (χ0v) is 19.3.